The van der Waals surface area contributed by atoms with E-state index in [9.17, 15) is 0 Å². The van der Waals surface area contributed by atoms with Crippen molar-refractivity contribution in [1.82, 2.24) is 5.32 Å². The second-order valence-corrected chi connectivity index (χ2v) is 2.32. The second kappa shape index (κ2) is 3.85. The van der Waals surface area contributed by atoms with E-state index in [0.29, 0.717) is 0 Å². The van der Waals surface area contributed by atoms with Gasteiger partial charge in [0.1, 0.15) is 5.72 Å². The van der Waals surface area contributed by atoms with E-state index in [2.05, 4.69) is 26.1 Å². The van der Waals surface area contributed by atoms with Gasteiger partial charge in [0, 0.05) is 7.11 Å². The largest absolute Gasteiger partial charge is 0.364 e. The van der Waals surface area contributed by atoms with Gasteiger partial charge in [0.25, 0.3) is 0 Å². The number of rotatable bonds is 4. The number of hydrogen-bond acceptors (Lipinski definition) is 2. The van der Waals surface area contributed by atoms with E-state index >= 15 is 0 Å². The molecule has 0 spiro atoms. The highest BCUT2D eigenvalue weighted by Gasteiger charge is 2.17. The standard InChI is InChI=1S/C7H17NO/c1-5-7(3,9-4)8-6-2/h8H,5-6H2,1-4H3. The lowest BCUT2D eigenvalue weighted by Gasteiger charge is -2.27. The molecule has 0 aliphatic carbocycles. The first-order valence-electron chi connectivity index (χ1n) is 3.48. The molecule has 0 saturated carbocycles. The van der Waals surface area contributed by atoms with Crippen LogP contribution in [0.5, 0.6) is 0 Å². The summed E-state index contributed by atoms with van der Waals surface area (Å²) in [6.07, 6.45) is 0.997. The van der Waals surface area contributed by atoms with Crippen LogP contribution in [0.25, 0.3) is 0 Å². The van der Waals surface area contributed by atoms with E-state index in [0.717, 1.165) is 13.0 Å². The van der Waals surface area contributed by atoms with E-state index in [-0.39, 0.29) is 5.72 Å². The van der Waals surface area contributed by atoms with Crippen molar-refractivity contribution in [3.63, 3.8) is 0 Å². The Morgan fingerprint density at radius 2 is 2.00 bits per heavy atom. The van der Waals surface area contributed by atoms with E-state index in [4.69, 9.17) is 4.74 Å². The van der Waals surface area contributed by atoms with Crippen LogP contribution in [0.15, 0.2) is 0 Å². The molecule has 9 heavy (non-hydrogen) atoms. The van der Waals surface area contributed by atoms with Crippen molar-refractivity contribution >= 4 is 0 Å². The third-order valence-electron chi connectivity index (χ3n) is 1.68. The fraction of sp³-hybridized carbons (Fsp3) is 1.00. The van der Waals surface area contributed by atoms with Crippen molar-refractivity contribution in [1.29, 1.82) is 0 Å². The van der Waals surface area contributed by atoms with Crippen LogP contribution in [-0.2, 0) is 4.74 Å². The highest BCUT2D eigenvalue weighted by Crippen LogP contribution is 2.07. The third-order valence-corrected chi connectivity index (χ3v) is 1.68. The summed E-state index contributed by atoms with van der Waals surface area (Å²) in [7, 11) is 1.73. The summed E-state index contributed by atoms with van der Waals surface area (Å²) >= 11 is 0. The molecule has 1 atom stereocenters. The van der Waals surface area contributed by atoms with Crippen LogP contribution in [-0.4, -0.2) is 19.4 Å². The summed E-state index contributed by atoms with van der Waals surface area (Å²) in [4.78, 5) is 0. The Bertz CT molecular complexity index is 69.3. The number of methoxy groups -OCH3 is 1. The SMILES string of the molecule is CCNC(C)(CC)OC. The molecule has 0 aliphatic rings. The zero-order chi connectivity index (χ0) is 7.33. The van der Waals surface area contributed by atoms with Gasteiger partial charge in [-0.25, -0.2) is 0 Å². The van der Waals surface area contributed by atoms with Gasteiger partial charge in [0.05, 0.1) is 0 Å². The summed E-state index contributed by atoms with van der Waals surface area (Å²) in [6, 6.07) is 0. The Morgan fingerprint density at radius 1 is 1.44 bits per heavy atom. The molecule has 56 valence electrons. The lowest BCUT2D eigenvalue weighted by Crippen LogP contribution is -2.43. The Kier molecular flexibility index (Phi) is 3.82. The van der Waals surface area contributed by atoms with Crippen LogP contribution in [0.1, 0.15) is 27.2 Å². The van der Waals surface area contributed by atoms with Crippen LogP contribution in [0.4, 0.5) is 0 Å². The molecule has 0 aromatic rings. The van der Waals surface area contributed by atoms with Gasteiger partial charge >= 0.3 is 0 Å². The van der Waals surface area contributed by atoms with Crippen molar-refractivity contribution in [3.05, 3.63) is 0 Å². The predicted octanol–water partition coefficient (Wildman–Crippen LogP) is 1.37. The van der Waals surface area contributed by atoms with Crippen molar-refractivity contribution in [2.24, 2.45) is 0 Å². The summed E-state index contributed by atoms with van der Waals surface area (Å²) < 4.78 is 5.22. The van der Waals surface area contributed by atoms with Crippen LogP contribution >= 0.6 is 0 Å². The molecule has 0 saturated heterocycles. The van der Waals surface area contributed by atoms with Crippen LogP contribution in [0, 0.1) is 0 Å². The highest BCUT2D eigenvalue weighted by atomic mass is 16.5. The maximum Gasteiger partial charge on any atom is 0.115 e. The second-order valence-electron chi connectivity index (χ2n) is 2.32. The van der Waals surface area contributed by atoms with Gasteiger partial charge in [-0.05, 0) is 19.9 Å². The maximum atomic E-state index is 5.22. The Balaban J connectivity index is 3.62. The smallest absolute Gasteiger partial charge is 0.115 e. The Hall–Kier alpha value is -0.0800. The highest BCUT2D eigenvalue weighted by molar-refractivity contribution is 4.67. The minimum Gasteiger partial charge on any atom is -0.364 e. The first-order valence-corrected chi connectivity index (χ1v) is 3.48. The monoisotopic (exact) mass is 131 g/mol. The number of hydrogen-bond donors (Lipinski definition) is 1. The fourth-order valence-electron chi connectivity index (χ4n) is 0.715. The molecular formula is C7H17NO. The van der Waals surface area contributed by atoms with Gasteiger partial charge < -0.3 is 4.74 Å². The van der Waals surface area contributed by atoms with Gasteiger partial charge in [0.2, 0.25) is 0 Å². The molecule has 0 rings (SSSR count). The lowest BCUT2D eigenvalue weighted by atomic mass is 10.2. The van der Waals surface area contributed by atoms with Crippen LogP contribution < -0.4 is 5.32 Å². The van der Waals surface area contributed by atoms with E-state index in [1.165, 1.54) is 0 Å². The average Bonchev–Trinajstić information content (AvgIpc) is 1.89. The van der Waals surface area contributed by atoms with Gasteiger partial charge in [0.15, 0.2) is 0 Å². The molecule has 0 fully saturated rings. The topological polar surface area (TPSA) is 21.3 Å². The van der Waals surface area contributed by atoms with E-state index < -0.39 is 0 Å². The number of ether oxygens (including phenoxy) is 1. The summed E-state index contributed by atoms with van der Waals surface area (Å²) in [5.74, 6) is 0. The lowest BCUT2D eigenvalue weighted by molar-refractivity contribution is -0.0249. The van der Waals surface area contributed by atoms with Gasteiger partial charge in [-0.15, -0.1) is 0 Å². The molecule has 0 radical (unpaired) electrons. The molecule has 0 heterocycles. The maximum absolute atomic E-state index is 5.22. The molecular weight excluding hydrogens is 114 g/mol. The normalized spacial score (nSPS) is 17.3. The molecule has 0 aromatic carbocycles. The first-order chi connectivity index (χ1) is 4.18. The average molecular weight is 131 g/mol. The summed E-state index contributed by atoms with van der Waals surface area (Å²) in [5.41, 5.74) is -0.116. The minimum absolute atomic E-state index is 0.116. The van der Waals surface area contributed by atoms with Crippen molar-refractivity contribution < 1.29 is 4.74 Å². The van der Waals surface area contributed by atoms with Crippen LogP contribution in [0.2, 0.25) is 0 Å². The number of nitrogens with one attached hydrogen (secondary N) is 1. The molecule has 1 N–H and O–H groups in total. The summed E-state index contributed by atoms with van der Waals surface area (Å²) in [5, 5.41) is 3.24. The Labute approximate surface area is 57.6 Å². The fourth-order valence-corrected chi connectivity index (χ4v) is 0.715. The van der Waals surface area contributed by atoms with Gasteiger partial charge in [-0.1, -0.05) is 13.8 Å². The van der Waals surface area contributed by atoms with E-state index in [1.807, 2.05) is 0 Å². The molecule has 0 bridgehead atoms. The van der Waals surface area contributed by atoms with Crippen molar-refractivity contribution in [2.75, 3.05) is 13.7 Å². The van der Waals surface area contributed by atoms with Gasteiger partial charge in [-0.3, -0.25) is 5.32 Å². The zero-order valence-corrected chi connectivity index (χ0v) is 6.82. The predicted molar refractivity (Wildman–Crippen MR) is 39.4 cm³/mol. The molecule has 2 nitrogen and oxygen atoms in total. The van der Waals surface area contributed by atoms with Crippen molar-refractivity contribution in [3.8, 4) is 0 Å². The quantitative estimate of drug-likeness (QED) is 0.582. The first kappa shape index (κ1) is 8.92. The minimum atomic E-state index is -0.116. The Morgan fingerprint density at radius 3 is 2.11 bits per heavy atom. The zero-order valence-electron chi connectivity index (χ0n) is 6.82. The third kappa shape index (κ3) is 2.82. The molecule has 0 aromatic heterocycles. The summed E-state index contributed by atoms with van der Waals surface area (Å²) in [6.45, 7) is 7.19. The van der Waals surface area contributed by atoms with E-state index in [1.54, 1.807) is 7.11 Å². The molecule has 2 heteroatoms. The van der Waals surface area contributed by atoms with Crippen molar-refractivity contribution in [2.45, 2.75) is 32.9 Å². The molecule has 0 aliphatic heterocycles. The molecule has 0 amide bonds. The van der Waals surface area contributed by atoms with Crippen LogP contribution in [0.3, 0.4) is 0 Å². The molecule has 1 unspecified atom stereocenters. The van der Waals surface area contributed by atoms with Gasteiger partial charge in [-0.2, -0.15) is 0 Å².